The Kier molecular flexibility index (Phi) is 6.22. The number of carbonyl (C=O) groups excluding carboxylic acids is 2. The molecule has 2 aliphatic rings. The average Bonchev–Trinajstić information content (AvgIpc) is 3.35. The number of nitrogens with zero attached hydrogens (tertiary/aromatic N) is 5. The highest BCUT2D eigenvalue weighted by atomic mass is 35.5. The Morgan fingerprint density at radius 2 is 2.03 bits per heavy atom. The molecule has 2 unspecified atom stereocenters. The van der Waals surface area contributed by atoms with Gasteiger partial charge >= 0.3 is 0 Å². The maximum Gasteiger partial charge on any atom is 0.255 e. The van der Waals surface area contributed by atoms with Crippen LogP contribution in [-0.4, -0.2) is 59.8 Å². The lowest BCUT2D eigenvalue weighted by molar-refractivity contribution is -0.128. The Labute approximate surface area is 218 Å². The number of aliphatic hydroxyl groups excluding tert-OH is 1. The number of primary amides is 1. The van der Waals surface area contributed by atoms with E-state index in [1.165, 1.54) is 15.7 Å². The maximum atomic E-state index is 12.3. The number of likely N-dealkylation sites (tertiary alicyclic amines) is 1. The van der Waals surface area contributed by atoms with Gasteiger partial charge in [-0.3, -0.25) is 9.59 Å². The van der Waals surface area contributed by atoms with Gasteiger partial charge in [-0.05, 0) is 57.2 Å². The van der Waals surface area contributed by atoms with Crippen molar-refractivity contribution in [2.24, 2.45) is 5.73 Å². The van der Waals surface area contributed by atoms with Gasteiger partial charge in [-0.1, -0.05) is 24.1 Å². The van der Waals surface area contributed by atoms with Crippen LogP contribution in [0.4, 0.5) is 5.82 Å². The van der Waals surface area contributed by atoms with Crippen molar-refractivity contribution < 1.29 is 14.7 Å². The molecule has 1 aliphatic carbocycles. The highest BCUT2D eigenvalue weighted by Gasteiger charge is 2.39. The molecule has 5 rings (SSSR count). The molecule has 0 bridgehead atoms. The van der Waals surface area contributed by atoms with E-state index in [0.717, 1.165) is 29.7 Å². The van der Waals surface area contributed by atoms with Crippen molar-refractivity contribution in [3.8, 4) is 11.8 Å². The molecule has 1 aromatic carbocycles. The Balaban J connectivity index is 1.51. The molecule has 1 saturated carbocycles. The van der Waals surface area contributed by atoms with Crippen molar-refractivity contribution in [2.75, 3.05) is 12.3 Å². The minimum absolute atomic E-state index is 0.000602. The summed E-state index contributed by atoms with van der Waals surface area (Å²) in [5, 5.41) is 15.2. The van der Waals surface area contributed by atoms with Gasteiger partial charge in [-0.25, -0.2) is 9.67 Å². The Bertz CT molecular complexity index is 1510. The van der Waals surface area contributed by atoms with Gasteiger partial charge in [-0.2, -0.15) is 5.10 Å². The van der Waals surface area contributed by atoms with Crippen LogP contribution in [0.1, 0.15) is 65.7 Å². The zero-order chi connectivity index (χ0) is 26.6. The number of hydrogen-bond acceptors (Lipinski definition) is 6. The predicted molar refractivity (Wildman–Crippen MR) is 140 cm³/mol. The van der Waals surface area contributed by atoms with E-state index < -0.39 is 18.1 Å². The van der Waals surface area contributed by atoms with Crippen LogP contribution < -0.4 is 11.5 Å². The van der Waals surface area contributed by atoms with E-state index >= 15 is 0 Å². The van der Waals surface area contributed by atoms with Crippen LogP contribution in [0.15, 0.2) is 24.8 Å². The number of carbonyl (C=O) groups is 2. The maximum absolute atomic E-state index is 12.3. The van der Waals surface area contributed by atoms with Crippen LogP contribution in [0, 0.1) is 18.8 Å². The van der Waals surface area contributed by atoms with Crippen LogP contribution in [0.25, 0.3) is 11.0 Å². The van der Waals surface area contributed by atoms with Crippen molar-refractivity contribution in [1.29, 1.82) is 0 Å². The van der Waals surface area contributed by atoms with Gasteiger partial charge in [0.1, 0.15) is 17.2 Å². The fourth-order valence-electron chi connectivity index (χ4n) is 5.16. The van der Waals surface area contributed by atoms with E-state index in [4.69, 9.17) is 23.1 Å². The van der Waals surface area contributed by atoms with Crippen LogP contribution in [-0.2, 0) is 4.79 Å². The van der Waals surface area contributed by atoms with E-state index in [9.17, 15) is 14.7 Å². The SMILES string of the molecule is C=CC(=O)N1CC(n2nc(C#Cc3cc4nc(C)n(C5CC5)c4cc3Cl)c(C(N)=O)c2N)C[C@@H]1C(C)O. The molecule has 192 valence electrons. The minimum atomic E-state index is -0.773. The number of aliphatic hydroxyl groups is 1. The summed E-state index contributed by atoms with van der Waals surface area (Å²) in [4.78, 5) is 30.8. The fraction of sp³-hybridized carbons (Fsp3) is 0.385. The van der Waals surface area contributed by atoms with E-state index in [1.807, 2.05) is 19.1 Å². The molecule has 2 aromatic heterocycles. The first-order valence-electron chi connectivity index (χ1n) is 12.1. The number of halogens is 1. The lowest BCUT2D eigenvalue weighted by Crippen LogP contribution is -2.40. The topological polar surface area (TPSA) is 145 Å². The third kappa shape index (κ3) is 4.34. The number of aryl methyl sites for hydroxylation is 1. The van der Waals surface area contributed by atoms with Crippen LogP contribution in [0.5, 0.6) is 0 Å². The summed E-state index contributed by atoms with van der Waals surface area (Å²) in [6.07, 6.45) is 3.07. The molecule has 1 aliphatic heterocycles. The van der Waals surface area contributed by atoms with Gasteiger partial charge in [-0.15, -0.1) is 0 Å². The quantitative estimate of drug-likeness (QED) is 0.347. The summed E-state index contributed by atoms with van der Waals surface area (Å²) in [7, 11) is 0. The molecular weight excluding hydrogens is 494 g/mol. The lowest BCUT2D eigenvalue weighted by atomic mass is 10.1. The van der Waals surface area contributed by atoms with Crippen LogP contribution in [0.2, 0.25) is 5.02 Å². The first kappa shape index (κ1) is 24.9. The van der Waals surface area contributed by atoms with Crippen LogP contribution in [0.3, 0.4) is 0 Å². The summed E-state index contributed by atoms with van der Waals surface area (Å²) in [5.74, 6) is 5.82. The van der Waals surface area contributed by atoms with Gasteiger partial charge in [0.2, 0.25) is 5.91 Å². The molecule has 3 aromatic rings. The molecule has 1 saturated heterocycles. The summed E-state index contributed by atoms with van der Waals surface area (Å²) < 4.78 is 3.66. The Morgan fingerprint density at radius 3 is 2.65 bits per heavy atom. The van der Waals surface area contributed by atoms with Crippen molar-refractivity contribution in [1.82, 2.24) is 24.2 Å². The number of amides is 2. The largest absolute Gasteiger partial charge is 0.391 e. The highest BCUT2D eigenvalue weighted by molar-refractivity contribution is 6.32. The molecular formula is C26H28ClN7O3. The molecule has 0 spiro atoms. The number of rotatable bonds is 5. The number of nitrogens with two attached hydrogens (primary N) is 2. The average molecular weight is 522 g/mol. The second kappa shape index (κ2) is 9.25. The second-order valence-corrected chi connectivity index (χ2v) is 10.0. The standard InChI is InChI=1S/C26H28ClN7O3/c1-4-23(36)32-12-17(10-21(32)13(2)35)34-25(28)24(26(29)37)19(31-34)8-5-15-9-20-22(11-18(15)27)33(14(3)30-20)16-6-7-16/h4,9,11,13,16-17,21,35H,1,6-7,10,12,28H2,2-3H3,(H2,29,37)/t13?,17?,21-/m1/s1. The zero-order valence-electron chi connectivity index (χ0n) is 20.6. The van der Waals surface area contributed by atoms with Gasteiger partial charge in [0.15, 0.2) is 5.69 Å². The van der Waals surface area contributed by atoms with Crippen molar-refractivity contribution in [3.05, 3.63) is 52.5 Å². The Morgan fingerprint density at radius 1 is 1.30 bits per heavy atom. The molecule has 2 amide bonds. The van der Waals surface area contributed by atoms with Crippen LogP contribution >= 0.6 is 11.6 Å². The molecule has 0 radical (unpaired) electrons. The van der Waals surface area contributed by atoms with Crippen molar-refractivity contribution >= 4 is 40.3 Å². The number of hydrogen-bond donors (Lipinski definition) is 3. The van der Waals surface area contributed by atoms with Gasteiger partial charge in [0.05, 0.1) is 34.2 Å². The zero-order valence-corrected chi connectivity index (χ0v) is 21.4. The van der Waals surface area contributed by atoms with E-state index in [2.05, 4.69) is 33.1 Å². The second-order valence-electron chi connectivity index (χ2n) is 9.64. The minimum Gasteiger partial charge on any atom is -0.391 e. The number of anilines is 1. The van der Waals surface area contributed by atoms with Crippen molar-refractivity contribution in [2.45, 2.75) is 57.3 Å². The summed E-state index contributed by atoms with van der Waals surface area (Å²) in [6.45, 7) is 7.36. The highest BCUT2D eigenvalue weighted by Crippen LogP contribution is 2.39. The summed E-state index contributed by atoms with van der Waals surface area (Å²) in [5.41, 5.74) is 14.3. The third-order valence-electron chi connectivity index (χ3n) is 7.06. The smallest absolute Gasteiger partial charge is 0.255 e. The van der Waals surface area contributed by atoms with E-state index in [-0.39, 0.29) is 35.6 Å². The summed E-state index contributed by atoms with van der Waals surface area (Å²) >= 11 is 6.57. The molecule has 11 heteroatoms. The number of imidazole rings is 1. The van der Waals surface area contributed by atoms with E-state index in [1.54, 1.807) is 6.92 Å². The lowest BCUT2D eigenvalue weighted by Gasteiger charge is -2.25. The number of aromatic nitrogens is 4. The monoisotopic (exact) mass is 521 g/mol. The van der Waals surface area contributed by atoms with E-state index in [0.29, 0.717) is 23.0 Å². The predicted octanol–water partition coefficient (Wildman–Crippen LogP) is 2.32. The van der Waals surface area contributed by atoms with Gasteiger partial charge in [0, 0.05) is 18.2 Å². The number of nitrogen functional groups attached to an aromatic ring is 1. The first-order valence-corrected chi connectivity index (χ1v) is 12.5. The molecule has 2 fully saturated rings. The first-order chi connectivity index (χ1) is 17.6. The number of benzene rings is 1. The molecule has 3 heterocycles. The molecule has 3 atom stereocenters. The normalized spacial score (nSPS) is 20.1. The fourth-order valence-corrected chi connectivity index (χ4v) is 5.36. The molecule has 10 nitrogen and oxygen atoms in total. The Hall–Kier alpha value is -3.81. The van der Waals surface area contributed by atoms with Gasteiger partial charge < -0.3 is 26.0 Å². The third-order valence-corrected chi connectivity index (χ3v) is 7.37. The van der Waals surface area contributed by atoms with Crippen molar-refractivity contribution in [3.63, 3.8) is 0 Å². The van der Waals surface area contributed by atoms with Gasteiger partial charge in [0.25, 0.3) is 5.91 Å². The molecule has 37 heavy (non-hydrogen) atoms. The number of fused-ring (bicyclic) bond motifs is 1. The molecule has 5 N–H and O–H groups in total. The summed E-state index contributed by atoms with van der Waals surface area (Å²) in [6, 6.07) is 3.32.